The van der Waals surface area contributed by atoms with E-state index in [0.29, 0.717) is 11.3 Å². The molecule has 0 radical (unpaired) electrons. The Labute approximate surface area is 188 Å². The molecule has 0 saturated carbocycles. The highest BCUT2D eigenvalue weighted by atomic mass is 32.1. The van der Waals surface area contributed by atoms with Gasteiger partial charge in [-0.15, -0.1) is 0 Å². The summed E-state index contributed by atoms with van der Waals surface area (Å²) in [6.07, 6.45) is 1.30. The van der Waals surface area contributed by atoms with Crippen LogP contribution < -0.4 is 10.2 Å². The van der Waals surface area contributed by atoms with Crippen molar-refractivity contribution in [2.75, 3.05) is 4.90 Å². The summed E-state index contributed by atoms with van der Waals surface area (Å²) in [5, 5.41) is 13.8. The highest BCUT2D eigenvalue weighted by Crippen LogP contribution is 2.32. The van der Waals surface area contributed by atoms with Gasteiger partial charge in [0.2, 0.25) is 0 Å². The van der Waals surface area contributed by atoms with Crippen molar-refractivity contribution in [1.29, 1.82) is 0 Å². The third-order valence-corrected chi connectivity index (χ3v) is 5.48. The number of nitrogens with one attached hydrogen (secondary N) is 1. The number of para-hydroxylation sites is 1. The van der Waals surface area contributed by atoms with Crippen molar-refractivity contribution >= 4 is 46.6 Å². The number of hydrogen-bond donors (Lipinski definition) is 1. The van der Waals surface area contributed by atoms with Crippen LogP contribution in [-0.4, -0.2) is 21.9 Å². The normalized spacial score (nSPS) is 15.2. The molecule has 0 bridgehead atoms. The molecule has 1 N–H and O–H groups in total. The molecule has 0 spiro atoms. The van der Waals surface area contributed by atoms with Gasteiger partial charge in [0.05, 0.1) is 16.2 Å². The van der Waals surface area contributed by atoms with Gasteiger partial charge in [-0.2, -0.15) is 0 Å². The summed E-state index contributed by atoms with van der Waals surface area (Å²) < 4.78 is 5.71. The van der Waals surface area contributed by atoms with Crippen molar-refractivity contribution < 1.29 is 18.9 Å². The van der Waals surface area contributed by atoms with E-state index < -0.39 is 16.7 Å². The zero-order valence-electron chi connectivity index (χ0n) is 17.1. The molecule has 2 amide bonds. The van der Waals surface area contributed by atoms with E-state index in [0.717, 1.165) is 11.1 Å². The molecule has 8 nitrogen and oxygen atoms in total. The minimum Gasteiger partial charge on any atom is -0.456 e. The van der Waals surface area contributed by atoms with Crippen LogP contribution in [0.25, 0.3) is 17.4 Å². The third kappa shape index (κ3) is 3.69. The average molecular weight is 447 g/mol. The highest BCUT2D eigenvalue weighted by molar-refractivity contribution is 7.80. The van der Waals surface area contributed by atoms with Gasteiger partial charge in [-0.25, -0.2) is 0 Å². The molecule has 1 aliphatic heterocycles. The number of benzene rings is 2. The first-order chi connectivity index (χ1) is 15.3. The van der Waals surface area contributed by atoms with Crippen molar-refractivity contribution in [3.63, 3.8) is 0 Å². The van der Waals surface area contributed by atoms with Crippen LogP contribution in [0.15, 0.2) is 64.6 Å². The van der Waals surface area contributed by atoms with Crippen molar-refractivity contribution in [2.45, 2.75) is 13.8 Å². The molecule has 1 saturated heterocycles. The maximum Gasteiger partial charge on any atom is 0.280 e. The SMILES string of the molecule is Cc1cccc(N2C(=O)/C(=C\c3ccc(-c4ccccc4[N+](=O)[O-])o3)C(=O)NC2=S)c1C. The van der Waals surface area contributed by atoms with Crippen LogP contribution in [0, 0.1) is 24.0 Å². The smallest absolute Gasteiger partial charge is 0.280 e. The third-order valence-electron chi connectivity index (χ3n) is 5.20. The van der Waals surface area contributed by atoms with E-state index in [9.17, 15) is 19.7 Å². The minimum atomic E-state index is -0.648. The Hall–Kier alpha value is -4.11. The molecule has 3 aromatic rings. The number of carbonyl (C=O) groups excluding carboxylic acids is 2. The van der Waals surface area contributed by atoms with Crippen LogP contribution in [0.4, 0.5) is 11.4 Å². The van der Waals surface area contributed by atoms with Crippen LogP contribution in [0.1, 0.15) is 16.9 Å². The lowest BCUT2D eigenvalue weighted by atomic mass is 10.0. The first-order valence-electron chi connectivity index (χ1n) is 9.59. The first kappa shape index (κ1) is 21.1. The van der Waals surface area contributed by atoms with Crippen molar-refractivity contribution in [1.82, 2.24) is 5.32 Å². The van der Waals surface area contributed by atoms with E-state index in [4.69, 9.17) is 16.6 Å². The Bertz CT molecular complexity index is 1320. The standard InChI is InChI=1S/C23H17N3O5S/c1-13-6-5-9-18(14(13)2)25-22(28)17(21(27)24-23(25)32)12-15-10-11-20(31-15)16-7-3-4-8-19(16)26(29)30/h3-12H,1-2H3,(H,24,27,32)/b17-12-. The van der Waals surface area contributed by atoms with Crippen LogP contribution in [0.3, 0.4) is 0 Å². The molecule has 0 unspecified atom stereocenters. The van der Waals surface area contributed by atoms with Gasteiger partial charge in [0.15, 0.2) is 5.11 Å². The number of anilines is 1. The summed E-state index contributed by atoms with van der Waals surface area (Å²) in [4.78, 5) is 37.8. The Kier molecular flexibility index (Phi) is 5.41. The predicted octanol–water partition coefficient (Wildman–Crippen LogP) is 4.30. The fourth-order valence-corrected chi connectivity index (χ4v) is 3.69. The molecular weight excluding hydrogens is 430 g/mol. The summed E-state index contributed by atoms with van der Waals surface area (Å²) >= 11 is 5.25. The number of carbonyl (C=O) groups is 2. The second-order valence-electron chi connectivity index (χ2n) is 7.15. The largest absolute Gasteiger partial charge is 0.456 e. The fraction of sp³-hybridized carbons (Fsp3) is 0.0870. The van der Waals surface area contributed by atoms with Gasteiger partial charge in [-0.05, 0) is 67.5 Å². The Morgan fingerprint density at radius 1 is 1.06 bits per heavy atom. The van der Waals surface area contributed by atoms with Gasteiger partial charge in [0.25, 0.3) is 17.5 Å². The number of nitrogens with zero attached hydrogens (tertiary/aromatic N) is 2. The van der Waals surface area contributed by atoms with Gasteiger partial charge < -0.3 is 4.42 Å². The number of nitro benzene ring substituents is 1. The van der Waals surface area contributed by atoms with Gasteiger partial charge >= 0.3 is 0 Å². The highest BCUT2D eigenvalue weighted by Gasteiger charge is 2.35. The monoisotopic (exact) mass is 447 g/mol. The van der Waals surface area contributed by atoms with Crippen molar-refractivity contribution in [2.24, 2.45) is 0 Å². The fourth-order valence-electron chi connectivity index (χ4n) is 3.41. The maximum absolute atomic E-state index is 13.2. The Morgan fingerprint density at radius 3 is 2.56 bits per heavy atom. The number of hydrogen-bond acceptors (Lipinski definition) is 6. The molecule has 1 aromatic heterocycles. The van der Waals surface area contributed by atoms with Crippen LogP contribution >= 0.6 is 12.2 Å². The Balaban J connectivity index is 1.72. The number of thiocarbonyl (C=S) groups is 1. The van der Waals surface area contributed by atoms with E-state index in [1.807, 2.05) is 19.9 Å². The summed E-state index contributed by atoms with van der Waals surface area (Å²) in [5.74, 6) is -0.790. The minimum absolute atomic E-state index is 0.00843. The van der Waals surface area contributed by atoms with E-state index in [2.05, 4.69) is 5.32 Å². The lowest BCUT2D eigenvalue weighted by molar-refractivity contribution is -0.384. The van der Waals surface area contributed by atoms with Crippen LogP contribution in [-0.2, 0) is 9.59 Å². The van der Waals surface area contributed by atoms with Crippen LogP contribution in [0.2, 0.25) is 0 Å². The summed E-state index contributed by atoms with van der Waals surface area (Å²) in [7, 11) is 0. The Morgan fingerprint density at radius 2 is 1.81 bits per heavy atom. The summed E-state index contributed by atoms with van der Waals surface area (Å²) in [5.41, 5.74) is 2.42. The quantitative estimate of drug-likeness (QED) is 0.210. The van der Waals surface area contributed by atoms with Crippen molar-refractivity contribution in [3.8, 4) is 11.3 Å². The molecule has 0 aliphatic carbocycles. The number of amides is 2. The van der Waals surface area contributed by atoms with Gasteiger partial charge in [0, 0.05) is 6.07 Å². The van der Waals surface area contributed by atoms with E-state index in [1.54, 1.807) is 36.4 Å². The van der Waals surface area contributed by atoms with Crippen molar-refractivity contribution in [3.05, 3.63) is 87.2 Å². The van der Waals surface area contributed by atoms with E-state index in [1.165, 1.54) is 23.1 Å². The number of nitro groups is 1. The van der Waals surface area contributed by atoms with Gasteiger partial charge in [-0.3, -0.25) is 29.9 Å². The molecule has 32 heavy (non-hydrogen) atoms. The lowest BCUT2D eigenvalue weighted by Gasteiger charge is -2.30. The molecule has 2 heterocycles. The average Bonchev–Trinajstić information content (AvgIpc) is 3.22. The molecule has 2 aromatic carbocycles. The zero-order chi connectivity index (χ0) is 23.0. The summed E-state index contributed by atoms with van der Waals surface area (Å²) in [6.45, 7) is 3.78. The topological polar surface area (TPSA) is 106 Å². The molecule has 1 aliphatic rings. The summed E-state index contributed by atoms with van der Waals surface area (Å²) in [6, 6.07) is 14.7. The number of aryl methyl sites for hydroxylation is 1. The molecule has 9 heteroatoms. The molecule has 0 atom stereocenters. The maximum atomic E-state index is 13.2. The van der Waals surface area contributed by atoms with E-state index in [-0.39, 0.29) is 27.9 Å². The number of rotatable bonds is 4. The van der Waals surface area contributed by atoms with Gasteiger partial charge in [-0.1, -0.05) is 24.3 Å². The van der Waals surface area contributed by atoms with Crippen LogP contribution in [0.5, 0.6) is 0 Å². The number of furan rings is 1. The molecule has 160 valence electrons. The first-order valence-corrected chi connectivity index (χ1v) is 10.00. The molecular formula is C23H17N3O5S. The molecule has 1 fully saturated rings. The lowest BCUT2D eigenvalue weighted by Crippen LogP contribution is -2.54. The zero-order valence-corrected chi connectivity index (χ0v) is 17.9. The van der Waals surface area contributed by atoms with Gasteiger partial charge in [0.1, 0.15) is 17.1 Å². The molecule has 4 rings (SSSR count). The second kappa shape index (κ2) is 8.20. The van der Waals surface area contributed by atoms with E-state index >= 15 is 0 Å². The predicted molar refractivity (Wildman–Crippen MR) is 123 cm³/mol. The second-order valence-corrected chi connectivity index (χ2v) is 7.54.